The highest BCUT2D eigenvalue weighted by atomic mass is 16.3. The Morgan fingerprint density at radius 1 is 1.50 bits per heavy atom. The summed E-state index contributed by atoms with van der Waals surface area (Å²) in [6.07, 6.45) is 0.603. The number of hydrogen-bond acceptors (Lipinski definition) is 3. The molecule has 0 aromatic heterocycles. The van der Waals surface area contributed by atoms with E-state index in [9.17, 15) is 4.79 Å². The molecule has 12 heavy (non-hydrogen) atoms. The number of aliphatic hydroxyl groups excluding tert-OH is 1. The molecule has 0 aliphatic heterocycles. The number of rotatable bonds is 5. The summed E-state index contributed by atoms with van der Waals surface area (Å²) in [7, 11) is 1.74. The molecule has 0 radical (unpaired) electrons. The van der Waals surface area contributed by atoms with Gasteiger partial charge in [0.1, 0.15) is 0 Å². The molecule has 0 unspecified atom stereocenters. The molecule has 0 saturated heterocycles. The zero-order chi connectivity index (χ0) is 9.61. The molecular weight excluding hydrogens is 156 g/mol. The lowest BCUT2D eigenvalue weighted by Crippen LogP contribution is -2.51. The molecule has 0 saturated carbocycles. The predicted molar refractivity (Wildman–Crippen MR) is 47.9 cm³/mol. The first-order chi connectivity index (χ1) is 5.54. The van der Waals surface area contributed by atoms with Crippen LogP contribution in [0.15, 0.2) is 0 Å². The summed E-state index contributed by atoms with van der Waals surface area (Å²) in [4.78, 5) is 11.3. The molecule has 72 valence electrons. The Labute approximate surface area is 73.3 Å². The molecular formula is C8H18N2O2. The van der Waals surface area contributed by atoms with E-state index in [-0.39, 0.29) is 12.5 Å². The number of aliphatic hydroxyl groups is 1. The van der Waals surface area contributed by atoms with Crippen LogP contribution in [0.25, 0.3) is 0 Å². The van der Waals surface area contributed by atoms with Crippen LogP contribution in [0.5, 0.6) is 0 Å². The molecule has 0 fully saturated rings. The average molecular weight is 174 g/mol. The van der Waals surface area contributed by atoms with Gasteiger partial charge in [-0.25, -0.2) is 0 Å². The standard InChI is InChI=1S/C8H18N2O2/c1-8(2,9-3)7(12)10-5-4-6-11/h9,11H,4-6H2,1-3H3,(H,10,12). The number of likely N-dealkylation sites (N-methyl/N-ethyl adjacent to an activating group) is 1. The Morgan fingerprint density at radius 2 is 2.08 bits per heavy atom. The Kier molecular flexibility index (Phi) is 4.85. The topological polar surface area (TPSA) is 61.4 Å². The molecule has 0 aliphatic carbocycles. The maximum absolute atomic E-state index is 11.3. The number of hydrogen-bond donors (Lipinski definition) is 3. The van der Waals surface area contributed by atoms with E-state index in [0.29, 0.717) is 13.0 Å². The molecule has 0 aromatic carbocycles. The highest BCUT2D eigenvalue weighted by molar-refractivity contribution is 5.85. The number of carbonyl (C=O) groups excluding carboxylic acids is 1. The third kappa shape index (κ3) is 3.69. The van der Waals surface area contributed by atoms with Gasteiger partial charge in [-0.1, -0.05) is 0 Å². The second-order valence-corrected chi connectivity index (χ2v) is 3.21. The van der Waals surface area contributed by atoms with Crippen LogP contribution < -0.4 is 10.6 Å². The summed E-state index contributed by atoms with van der Waals surface area (Å²) >= 11 is 0. The second kappa shape index (κ2) is 5.11. The van der Waals surface area contributed by atoms with Crippen LogP contribution in [0.4, 0.5) is 0 Å². The first-order valence-corrected chi connectivity index (χ1v) is 4.12. The maximum atomic E-state index is 11.3. The normalized spacial score (nSPS) is 11.3. The summed E-state index contributed by atoms with van der Waals surface area (Å²) < 4.78 is 0. The van der Waals surface area contributed by atoms with Crippen molar-refractivity contribution in [3.63, 3.8) is 0 Å². The Hall–Kier alpha value is -0.610. The molecule has 0 rings (SSSR count). The van der Waals surface area contributed by atoms with Gasteiger partial charge >= 0.3 is 0 Å². The Balaban J connectivity index is 3.72. The lowest BCUT2D eigenvalue weighted by molar-refractivity contribution is -0.126. The van der Waals surface area contributed by atoms with Crippen molar-refractivity contribution in [2.75, 3.05) is 20.2 Å². The van der Waals surface area contributed by atoms with E-state index in [2.05, 4.69) is 10.6 Å². The minimum atomic E-state index is -0.532. The minimum absolute atomic E-state index is 0.0431. The Bertz CT molecular complexity index is 146. The van der Waals surface area contributed by atoms with Crippen molar-refractivity contribution in [1.29, 1.82) is 0 Å². The predicted octanol–water partition coefficient (Wildman–Crippen LogP) is -0.517. The first kappa shape index (κ1) is 11.4. The molecule has 0 atom stereocenters. The average Bonchev–Trinajstić information content (AvgIpc) is 2.05. The highest BCUT2D eigenvalue weighted by Gasteiger charge is 2.24. The van der Waals surface area contributed by atoms with Gasteiger partial charge in [0.25, 0.3) is 0 Å². The fourth-order valence-corrected chi connectivity index (χ4v) is 0.615. The van der Waals surface area contributed by atoms with Crippen molar-refractivity contribution >= 4 is 5.91 Å². The van der Waals surface area contributed by atoms with Crippen molar-refractivity contribution < 1.29 is 9.90 Å². The lowest BCUT2D eigenvalue weighted by atomic mass is 10.1. The van der Waals surface area contributed by atoms with Crippen LogP contribution in [-0.2, 0) is 4.79 Å². The quantitative estimate of drug-likeness (QED) is 0.492. The van der Waals surface area contributed by atoms with E-state index in [4.69, 9.17) is 5.11 Å². The molecule has 0 aliphatic rings. The van der Waals surface area contributed by atoms with E-state index in [0.717, 1.165) is 0 Å². The van der Waals surface area contributed by atoms with Crippen molar-refractivity contribution in [1.82, 2.24) is 10.6 Å². The van der Waals surface area contributed by atoms with E-state index < -0.39 is 5.54 Å². The smallest absolute Gasteiger partial charge is 0.239 e. The van der Waals surface area contributed by atoms with Crippen LogP contribution in [-0.4, -0.2) is 36.8 Å². The summed E-state index contributed by atoms with van der Waals surface area (Å²) in [5.74, 6) is -0.0431. The monoisotopic (exact) mass is 174 g/mol. The van der Waals surface area contributed by atoms with E-state index >= 15 is 0 Å². The van der Waals surface area contributed by atoms with Crippen molar-refractivity contribution in [3.05, 3.63) is 0 Å². The molecule has 0 spiro atoms. The molecule has 4 heteroatoms. The lowest BCUT2D eigenvalue weighted by Gasteiger charge is -2.22. The van der Waals surface area contributed by atoms with Crippen molar-refractivity contribution in [2.24, 2.45) is 0 Å². The van der Waals surface area contributed by atoms with Gasteiger partial charge in [-0.3, -0.25) is 4.79 Å². The van der Waals surface area contributed by atoms with Gasteiger partial charge < -0.3 is 15.7 Å². The third-order valence-corrected chi connectivity index (χ3v) is 1.81. The van der Waals surface area contributed by atoms with Gasteiger partial charge in [0, 0.05) is 13.2 Å². The second-order valence-electron chi connectivity index (χ2n) is 3.21. The largest absolute Gasteiger partial charge is 0.396 e. The van der Waals surface area contributed by atoms with Crippen molar-refractivity contribution in [3.8, 4) is 0 Å². The molecule has 3 N–H and O–H groups in total. The van der Waals surface area contributed by atoms with Crippen LogP contribution in [0.3, 0.4) is 0 Å². The van der Waals surface area contributed by atoms with Crippen molar-refractivity contribution in [2.45, 2.75) is 25.8 Å². The molecule has 1 amide bonds. The zero-order valence-electron chi connectivity index (χ0n) is 7.98. The van der Waals surface area contributed by atoms with Crippen LogP contribution in [0.1, 0.15) is 20.3 Å². The fraction of sp³-hybridized carbons (Fsp3) is 0.875. The minimum Gasteiger partial charge on any atom is -0.396 e. The van der Waals surface area contributed by atoms with Gasteiger partial charge in [-0.2, -0.15) is 0 Å². The van der Waals surface area contributed by atoms with Gasteiger partial charge in [0.05, 0.1) is 5.54 Å². The summed E-state index contributed by atoms with van der Waals surface area (Å²) in [5, 5.41) is 14.1. The number of carbonyl (C=O) groups is 1. The number of nitrogens with one attached hydrogen (secondary N) is 2. The van der Waals surface area contributed by atoms with Gasteiger partial charge in [0.2, 0.25) is 5.91 Å². The summed E-state index contributed by atoms with van der Waals surface area (Å²) in [5.41, 5.74) is -0.532. The van der Waals surface area contributed by atoms with E-state index in [1.165, 1.54) is 0 Å². The maximum Gasteiger partial charge on any atom is 0.239 e. The summed E-state index contributed by atoms with van der Waals surface area (Å²) in [6, 6.07) is 0. The summed E-state index contributed by atoms with van der Waals surface area (Å²) in [6.45, 7) is 4.25. The van der Waals surface area contributed by atoms with Gasteiger partial charge in [0.15, 0.2) is 0 Å². The van der Waals surface area contributed by atoms with E-state index in [1.54, 1.807) is 20.9 Å². The Morgan fingerprint density at radius 3 is 2.50 bits per heavy atom. The fourth-order valence-electron chi connectivity index (χ4n) is 0.615. The van der Waals surface area contributed by atoms with Crippen LogP contribution in [0.2, 0.25) is 0 Å². The number of amides is 1. The van der Waals surface area contributed by atoms with Crippen LogP contribution in [0, 0.1) is 0 Å². The van der Waals surface area contributed by atoms with Gasteiger partial charge in [-0.15, -0.1) is 0 Å². The zero-order valence-corrected chi connectivity index (χ0v) is 7.98. The molecule has 0 bridgehead atoms. The molecule has 0 heterocycles. The molecule has 4 nitrogen and oxygen atoms in total. The first-order valence-electron chi connectivity index (χ1n) is 4.12. The van der Waals surface area contributed by atoms with Crippen LogP contribution >= 0.6 is 0 Å². The SMILES string of the molecule is CNC(C)(C)C(=O)NCCCO. The van der Waals surface area contributed by atoms with Gasteiger partial charge in [-0.05, 0) is 27.3 Å². The van der Waals surface area contributed by atoms with E-state index in [1.807, 2.05) is 0 Å². The molecule has 0 aromatic rings. The highest BCUT2D eigenvalue weighted by Crippen LogP contribution is 1.99. The third-order valence-electron chi connectivity index (χ3n) is 1.81.